The van der Waals surface area contributed by atoms with E-state index in [0.717, 1.165) is 45.4 Å². The zero-order valence-electron chi connectivity index (χ0n) is 16.1. The van der Waals surface area contributed by atoms with Gasteiger partial charge < -0.3 is 15.4 Å². The Balaban J connectivity index is 1.96. The van der Waals surface area contributed by atoms with E-state index in [0.29, 0.717) is 6.04 Å². The van der Waals surface area contributed by atoms with Crippen molar-refractivity contribution in [3.05, 3.63) is 35.4 Å². The third-order valence-corrected chi connectivity index (χ3v) is 4.71. The molecule has 1 saturated heterocycles. The van der Waals surface area contributed by atoms with Crippen LogP contribution in [0, 0.1) is 6.92 Å². The number of guanidine groups is 1. The van der Waals surface area contributed by atoms with Gasteiger partial charge in [-0.1, -0.05) is 49.6 Å². The minimum Gasteiger partial charge on any atom is -0.379 e. The van der Waals surface area contributed by atoms with E-state index in [-0.39, 0.29) is 0 Å². The molecule has 1 aliphatic heterocycles. The molecule has 0 saturated carbocycles. The van der Waals surface area contributed by atoms with Crippen molar-refractivity contribution >= 4 is 5.96 Å². The number of rotatable bonds is 8. The summed E-state index contributed by atoms with van der Waals surface area (Å²) in [5, 5.41) is 6.93. The molecule has 1 aliphatic rings. The molecule has 0 spiro atoms. The molecule has 2 rings (SSSR count). The van der Waals surface area contributed by atoms with Crippen LogP contribution in [0.1, 0.15) is 43.4 Å². The first kappa shape index (κ1) is 19.7. The Morgan fingerprint density at radius 1 is 1.16 bits per heavy atom. The van der Waals surface area contributed by atoms with E-state index in [1.54, 1.807) is 0 Å². The highest BCUT2D eigenvalue weighted by molar-refractivity contribution is 5.79. The number of hydrogen-bond donors (Lipinski definition) is 2. The van der Waals surface area contributed by atoms with Gasteiger partial charge in [-0.25, -0.2) is 0 Å². The Morgan fingerprint density at radius 2 is 1.88 bits per heavy atom. The molecule has 25 heavy (non-hydrogen) atoms. The van der Waals surface area contributed by atoms with E-state index >= 15 is 0 Å². The van der Waals surface area contributed by atoms with Gasteiger partial charge in [-0.3, -0.25) is 9.89 Å². The highest BCUT2D eigenvalue weighted by atomic mass is 16.5. The molecule has 140 valence electrons. The van der Waals surface area contributed by atoms with E-state index in [1.807, 2.05) is 7.05 Å². The van der Waals surface area contributed by atoms with Crippen LogP contribution in [0.2, 0.25) is 0 Å². The molecular formula is C20H34N4O. The van der Waals surface area contributed by atoms with Crippen molar-refractivity contribution in [3.63, 3.8) is 0 Å². The average molecular weight is 347 g/mol. The molecule has 1 unspecified atom stereocenters. The zero-order chi connectivity index (χ0) is 17.9. The molecule has 5 nitrogen and oxygen atoms in total. The van der Waals surface area contributed by atoms with Gasteiger partial charge in [0, 0.05) is 33.2 Å². The Labute approximate surface area is 152 Å². The summed E-state index contributed by atoms with van der Waals surface area (Å²) >= 11 is 0. The maximum atomic E-state index is 5.53. The van der Waals surface area contributed by atoms with Crippen LogP contribution in [0.4, 0.5) is 0 Å². The lowest BCUT2D eigenvalue weighted by atomic mass is 10.0. The molecule has 1 heterocycles. The minimum absolute atomic E-state index is 0.332. The number of nitrogens with one attached hydrogen (secondary N) is 2. The quantitative estimate of drug-likeness (QED) is 0.432. The number of aliphatic imine (C=N–C) groups is 1. The summed E-state index contributed by atoms with van der Waals surface area (Å²) in [6.45, 7) is 9.75. The molecule has 0 amide bonds. The number of aryl methyl sites for hydroxylation is 1. The lowest BCUT2D eigenvalue weighted by Gasteiger charge is -2.35. The highest BCUT2D eigenvalue weighted by Crippen LogP contribution is 2.21. The van der Waals surface area contributed by atoms with Crippen molar-refractivity contribution in [2.45, 2.75) is 39.2 Å². The van der Waals surface area contributed by atoms with Crippen LogP contribution >= 0.6 is 0 Å². The van der Waals surface area contributed by atoms with Gasteiger partial charge in [0.15, 0.2) is 5.96 Å². The Hall–Kier alpha value is -1.59. The van der Waals surface area contributed by atoms with Crippen LogP contribution in [0.15, 0.2) is 29.3 Å². The van der Waals surface area contributed by atoms with Crippen molar-refractivity contribution in [2.24, 2.45) is 4.99 Å². The summed E-state index contributed by atoms with van der Waals surface area (Å²) < 4.78 is 5.53. The summed E-state index contributed by atoms with van der Waals surface area (Å²) in [7, 11) is 1.84. The summed E-state index contributed by atoms with van der Waals surface area (Å²) in [5.41, 5.74) is 2.65. The standard InChI is InChI=1S/C20H34N4O/c1-4-5-6-11-22-20(21-3)23-16-19(24-12-14-25-15-13-24)18-9-7-17(2)8-10-18/h7-10,19H,4-6,11-16H2,1-3H3,(H2,21,22,23). The second-order valence-electron chi connectivity index (χ2n) is 6.66. The minimum atomic E-state index is 0.332. The number of hydrogen-bond acceptors (Lipinski definition) is 3. The second kappa shape index (κ2) is 11.1. The lowest BCUT2D eigenvalue weighted by molar-refractivity contribution is 0.0170. The molecule has 1 atom stereocenters. The Morgan fingerprint density at radius 3 is 2.52 bits per heavy atom. The van der Waals surface area contributed by atoms with Crippen molar-refractivity contribution in [3.8, 4) is 0 Å². The first-order chi connectivity index (χ1) is 12.2. The molecule has 0 aromatic heterocycles. The van der Waals surface area contributed by atoms with Crippen LogP contribution in [0.3, 0.4) is 0 Å². The third-order valence-electron chi connectivity index (χ3n) is 4.71. The van der Waals surface area contributed by atoms with E-state index in [1.165, 1.54) is 30.4 Å². The van der Waals surface area contributed by atoms with Crippen LogP contribution in [0.25, 0.3) is 0 Å². The molecular weight excluding hydrogens is 312 g/mol. The molecule has 1 fully saturated rings. The molecule has 2 N–H and O–H groups in total. The topological polar surface area (TPSA) is 48.9 Å². The van der Waals surface area contributed by atoms with Crippen molar-refractivity contribution in [1.82, 2.24) is 15.5 Å². The predicted molar refractivity (Wildman–Crippen MR) is 105 cm³/mol. The van der Waals surface area contributed by atoms with Crippen LogP contribution in [-0.4, -0.2) is 57.3 Å². The molecule has 0 bridgehead atoms. The first-order valence-electron chi connectivity index (χ1n) is 9.57. The average Bonchev–Trinajstić information content (AvgIpc) is 2.66. The summed E-state index contributed by atoms with van der Waals surface area (Å²) in [5.74, 6) is 0.890. The fourth-order valence-corrected chi connectivity index (χ4v) is 3.13. The lowest BCUT2D eigenvalue weighted by Crippen LogP contribution is -2.46. The zero-order valence-corrected chi connectivity index (χ0v) is 16.1. The number of benzene rings is 1. The van der Waals surface area contributed by atoms with Gasteiger partial charge in [-0.15, -0.1) is 0 Å². The van der Waals surface area contributed by atoms with E-state index in [4.69, 9.17) is 4.74 Å². The van der Waals surface area contributed by atoms with Gasteiger partial charge in [0.25, 0.3) is 0 Å². The molecule has 1 aromatic rings. The number of nitrogens with zero attached hydrogens (tertiary/aromatic N) is 2. The van der Waals surface area contributed by atoms with Gasteiger partial charge in [-0.05, 0) is 18.9 Å². The predicted octanol–water partition coefficient (Wildman–Crippen LogP) is 2.72. The van der Waals surface area contributed by atoms with E-state index in [2.05, 4.69) is 58.6 Å². The van der Waals surface area contributed by atoms with Gasteiger partial charge in [-0.2, -0.15) is 0 Å². The fraction of sp³-hybridized carbons (Fsp3) is 0.650. The number of unbranched alkanes of at least 4 members (excludes halogenated alkanes) is 2. The van der Waals surface area contributed by atoms with Crippen LogP contribution in [0.5, 0.6) is 0 Å². The van der Waals surface area contributed by atoms with Crippen molar-refractivity contribution in [2.75, 3.05) is 46.4 Å². The highest BCUT2D eigenvalue weighted by Gasteiger charge is 2.22. The van der Waals surface area contributed by atoms with E-state index < -0.39 is 0 Å². The van der Waals surface area contributed by atoms with Gasteiger partial charge in [0.1, 0.15) is 0 Å². The van der Waals surface area contributed by atoms with Gasteiger partial charge in [0.05, 0.1) is 19.3 Å². The SMILES string of the molecule is CCCCCNC(=NC)NCC(c1ccc(C)cc1)N1CCOCC1. The van der Waals surface area contributed by atoms with Crippen LogP contribution in [-0.2, 0) is 4.74 Å². The Kier molecular flexibility index (Phi) is 8.77. The smallest absolute Gasteiger partial charge is 0.191 e. The maximum absolute atomic E-state index is 5.53. The Bertz CT molecular complexity index is 509. The number of morpholine rings is 1. The molecule has 1 aromatic carbocycles. The van der Waals surface area contributed by atoms with Crippen molar-refractivity contribution < 1.29 is 4.74 Å². The molecule has 0 aliphatic carbocycles. The van der Waals surface area contributed by atoms with Crippen molar-refractivity contribution in [1.29, 1.82) is 0 Å². The molecule has 0 radical (unpaired) electrons. The second-order valence-corrected chi connectivity index (χ2v) is 6.66. The monoisotopic (exact) mass is 346 g/mol. The first-order valence-corrected chi connectivity index (χ1v) is 9.57. The fourth-order valence-electron chi connectivity index (χ4n) is 3.13. The van der Waals surface area contributed by atoms with Gasteiger partial charge >= 0.3 is 0 Å². The van der Waals surface area contributed by atoms with Gasteiger partial charge in [0.2, 0.25) is 0 Å². The summed E-state index contributed by atoms with van der Waals surface area (Å²) in [6.07, 6.45) is 3.67. The molecule has 5 heteroatoms. The maximum Gasteiger partial charge on any atom is 0.191 e. The third kappa shape index (κ3) is 6.67. The summed E-state index contributed by atoms with van der Waals surface area (Å²) in [6, 6.07) is 9.21. The number of ether oxygens (including phenoxy) is 1. The van der Waals surface area contributed by atoms with E-state index in [9.17, 15) is 0 Å². The largest absolute Gasteiger partial charge is 0.379 e. The van der Waals surface area contributed by atoms with Crippen LogP contribution < -0.4 is 10.6 Å². The normalized spacial score (nSPS) is 17.3. The summed E-state index contributed by atoms with van der Waals surface area (Å²) in [4.78, 5) is 6.87.